The molecular weight excluding hydrogens is 484 g/mol. The summed E-state index contributed by atoms with van der Waals surface area (Å²) < 4.78 is 0. The first kappa shape index (κ1) is 22.9. The van der Waals surface area contributed by atoms with Gasteiger partial charge in [-0.3, -0.25) is 0 Å². The van der Waals surface area contributed by atoms with Gasteiger partial charge in [0.25, 0.3) is 0 Å². The molecule has 0 aromatic heterocycles. The summed E-state index contributed by atoms with van der Waals surface area (Å²) in [5, 5.41) is 7.45. The molecule has 0 fully saturated rings. The minimum Gasteiger partial charge on any atom is -0.306 e. The van der Waals surface area contributed by atoms with Crippen molar-refractivity contribution in [3.63, 3.8) is 0 Å². The van der Waals surface area contributed by atoms with Gasteiger partial charge in [-0.2, -0.15) is 0 Å². The number of fused-ring (bicyclic) bond motifs is 6. The number of hydrogen-bond acceptors (Lipinski definition) is 2. The van der Waals surface area contributed by atoms with Gasteiger partial charge in [-0.05, 0) is 94.4 Å². The zero-order chi connectivity index (χ0) is 26.8. The largest absolute Gasteiger partial charge is 0.306 e. The first-order chi connectivity index (χ1) is 19.7. The van der Waals surface area contributed by atoms with Gasteiger partial charge in [0.2, 0.25) is 0 Å². The predicted octanol–water partition coefficient (Wildman–Crippen LogP) is 11.0. The second kappa shape index (κ2) is 8.72. The maximum atomic E-state index is 2.48. The molecule has 0 atom stereocenters. The molecule has 190 valence electrons. The number of rotatable bonds is 2. The van der Waals surface area contributed by atoms with E-state index in [1.54, 1.807) is 0 Å². The average molecular weight is 513 g/mol. The molecule has 7 aromatic carbocycles. The van der Waals surface area contributed by atoms with Crippen LogP contribution in [0.5, 0.6) is 0 Å². The van der Waals surface area contributed by atoms with Crippen molar-refractivity contribution in [2.24, 2.45) is 0 Å². The Labute approximate surface area is 234 Å². The van der Waals surface area contributed by atoms with Crippen molar-refractivity contribution in [2.45, 2.75) is 13.8 Å². The van der Waals surface area contributed by atoms with E-state index in [0.717, 1.165) is 5.69 Å². The lowest BCUT2D eigenvalue weighted by Gasteiger charge is -2.41. The van der Waals surface area contributed by atoms with E-state index in [0.29, 0.717) is 0 Å². The van der Waals surface area contributed by atoms with Crippen LogP contribution in [0.25, 0.3) is 32.3 Å². The van der Waals surface area contributed by atoms with Crippen LogP contribution in [-0.2, 0) is 0 Å². The van der Waals surface area contributed by atoms with Crippen LogP contribution >= 0.6 is 0 Å². The molecule has 0 spiro atoms. The van der Waals surface area contributed by atoms with E-state index in [9.17, 15) is 0 Å². The lowest BCUT2D eigenvalue weighted by molar-refractivity contribution is 1.16. The minimum atomic E-state index is 1.16. The SMILES string of the molecule is Cc1cc2c(cc1C)N(c1ccc3ccccc3c1)c1c(ccc3ccccc13)N2c1ccc2ccccc2c1. The van der Waals surface area contributed by atoms with Crippen LogP contribution in [0.2, 0.25) is 0 Å². The highest BCUT2D eigenvalue weighted by molar-refractivity contribution is 6.13. The first-order valence-corrected chi connectivity index (χ1v) is 13.9. The van der Waals surface area contributed by atoms with Crippen molar-refractivity contribution in [1.82, 2.24) is 0 Å². The number of hydrogen-bond donors (Lipinski definition) is 0. The highest BCUT2D eigenvalue weighted by atomic mass is 15.3. The summed E-state index contributed by atoms with van der Waals surface area (Å²) in [6, 6.07) is 48.9. The maximum absolute atomic E-state index is 2.48. The van der Waals surface area contributed by atoms with Gasteiger partial charge >= 0.3 is 0 Å². The summed E-state index contributed by atoms with van der Waals surface area (Å²) in [6.07, 6.45) is 0. The van der Waals surface area contributed by atoms with Gasteiger partial charge in [0.15, 0.2) is 0 Å². The summed E-state index contributed by atoms with van der Waals surface area (Å²) in [5.74, 6) is 0. The van der Waals surface area contributed by atoms with E-state index < -0.39 is 0 Å². The Balaban J connectivity index is 1.48. The molecule has 0 radical (unpaired) electrons. The standard InChI is InChI=1S/C38H28N2/c1-25-21-36-37(22-26(25)2)40(33-19-16-28-10-4-6-13-31(28)24-33)38-34-14-8-7-11-29(34)17-20-35(38)39(36)32-18-15-27-9-3-5-12-30(27)23-32/h3-24H,1-2H3. The van der Waals surface area contributed by atoms with E-state index in [-0.39, 0.29) is 0 Å². The van der Waals surface area contributed by atoms with E-state index in [2.05, 4.69) is 157 Å². The second-order valence-electron chi connectivity index (χ2n) is 10.8. The Morgan fingerprint density at radius 1 is 0.375 bits per heavy atom. The van der Waals surface area contributed by atoms with Crippen LogP contribution < -0.4 is 9.80 Å². The third-order valence-electron chi connectivity index (χ3n) is 8.40. The Hall–Kier alpha value is -5.08. The molecule has 0 saturated carbocycles. The van der Waals surface area contributed by atoms with Crippen LogP contribution in [0, 0.1) is 13.8 Å². The zero-order valence-electron chi connectivity index (χ0n) is 22.6. The molecule has 0 saturated heterocycles. The summed E-state index contributed by atoms with van der Waals surface area (Å²) in [5.41, 5.74) is 9.66. The fourth-order valence-electron chi connectivity index (χ4n) is 6.23. The summed E-state index contributed by atoms with van der Waals surface area (Å²) >= 11 is 0. The van der Waals surface area contributed by atoms with Gasteiger partial charge in [0.1, 0.15) is 0 Å². The molecule has 7 aromatic rings. The van der Waals surface area contributed by atoms with Gasteiger partial charge in [-0.25, -0.2) is 0 Å². The van der Waals surface area contributed by atoms with E-state index in [1.165, 1.54) is 71.9 Å². The number of benzene rings is 7. The van der Waals surface area contributed by atoms with Gasteiger partial charge in [-0.15, -0.1) is 0 Å². The van der Waals surface area contributed by atoms with Crippen molar-refractivity contribution in [3.8, 4) is 0 Å². The van der Waals surface area contributed by atoms with Crippen LogP contribution in [-0.4, -0.2) is 0 Å². The third kappa shape index (κ3) is 3.43. The zero-order valence-corrected chi connectivity index (χ0v) is 22.6. The number of anilines is 6. The van der Waals surface area contributed by atoms with Crippen molar-refractivity contribution >= 4 is 66.4 Å². The highest BCUT2D eigenvalue weighted by Gasteiger charge is 2.32. The molecule has 1 aliphatic heterocycles. The van der Waals surface area contributed by atoms with Crippen LogP contribution in [0.4, 0.5) is 34.1 Å². The lowest BCUT2D eigenvalue weighted by Crippen LogP contribution is -2.24. The number of nitrogens with zero attached hydrogens (tertiary/aromatic N) is 2. The van der Waals surface area contributed by atoms with Gasteiger partial charge < -0.3 is 9.80 Å². The Morgan fingerprint density at radius 2 is 0.850 bits per heavy atom. The smallest absolute Gasteiger partial charge is 0.0782 e. The normalized spacial score (nSPS) is 12.7. The van der Waals surface area contributed by atoms with Crippen molar-refractivity contribution in [1.29, 1.82) is 0 Å². The topological polar surface area (TPSA) is 6.48 Å². The lowest BCUT2D eigenvalue weighted by atomic mass is 9.96. The summed E-state index contributed by atoms with van der Waals surface area (Å²) in [4.78, 5) is 4.93. The first-order valence-electron chi connectivity index (χ1n) is 13.9. The molecule has 0 aliphatic carbocycles. The van der Waals surface area contributed by atoms with Crippen molar-refractivity contribution in [3.05, 3.63) is 145 Å². The fraction of sp³-hybridized carbons (Fsp3) is 0.0526. The highest BCUT2D eigenvalue weighted by Crippen LogP contribution is 2.57. The monoisotopic (exact) mass is 512 g/mol. The average Bonchev–Trinajstić information content (AvgIpc) is 3.00. The molecule has 0 unspecified atom stereocenters. The van der Waals surface area contributed by atoms with Crippen LogP contribution in [0.15, 0.2) is 133 Å². The molecule has 8 rings (SSSR count). The predicted molar refractivity (Wildman–Crippen MR) is 171 cm³/mol. The molecular formula is C38H28N2. The molecule has 40 heavy (non-hydrogen) atoms. The Morgan fingerprint density at radius 3 is 1.48 bits per heavy atom. The van der Waals surface area contributed by atoms with Crippen LogP contribution in [0.1, 0.15) is 11.1 Å². The maximum Gasteiger partial charge on any atom is 0.0782 e. The Bertz CT molecular complexity index is 2110. The van der Waals surface area contributed by atoms with Gasteiger partial charge in [0.05, 0.1) is 22.7 Å². The molecule has 0 bridgehead atoms. The van der Waals surface area contributed by atoms with E-state index in [4.69, 9.17) is 0 Å². The Kier molecular flexibility index (Phi) is 4.99. The third-order valence-corrected chi connectivity index (χ3v) is 8.40. The number of aryl methyl sites for hydroxylation is 2. The molecule has 1 aliphatic rings. The second-order valence-corrected chi connectivity index (χ2v) is 10.8. The summed E-state index contributed by atoms with van der Waals surface area (Å²) in [6.45, 7) is 4.43. The van der Waals surface area contributed by atoms with Gasteiger partial charge in [0, 0.05) is 16.8 Å². The molecule has 2 nitrogen and oxygen atoms in total. The molecule has 1 heterocycles. The van der Waals surface area contributed by atoms with Crippen molar-refractivity contribution in [2.75, 3.05) is 9.80 Å². The van der Waals surface area contributed by atoms with Crippen LogP contribution in [0.3, 0.4) is 0 Å². The quantitative estimate of drug-likeness (QED) is 0.227. The fourth-order valence-corrected chi connectivity index (χ4v) is 6.23. The van der Waals surface area contributed by atoms with Gasteiger partial charge in [-0.1, -0.05) is 91.0 Å². The summed E-state index contributed by atoms with van der Waals surface area (Å²) in [7, 11) is 0. The molecule has 2 heteroatoms. The van der Waals surface area contributed by atoms with Crippen molar-refractivity contribution < 1.29 is 0 Å². The minimum absolute atomic E-state index is 1.16. The van der Waals surface area contributed by atoms with E-state index in [1.807, 2.05) is 0 Å². The van der Waals surface area contributed by atoms with E-state index >= 15 is 0 Å². The molecule has 0 N–H and O–H groups in total. The molecule has 0 amide bonds.